The number of hydrogen-bond donors (Lipinski definition) is 2. The molecule has 2 aliphatic rings. The van der Waals surface area contributed by atoms with Gasteiger partial charge in [0, 0.05) is 12.1 Å². The maximum Gasteiger partial charge on any atom is 0.241 e. The SMILES string of the molecule is N#C[C@@]([Si])(Cc1ccc2c(c1)CC(=O)N(c1ccc(F)cc1)C2)NC(=O)C1(N)CCCCC1. The lowest BCUT2D eigenvalue weighted by Crippen LogP contribution is -2.61. The summed E-state index contributed by atoms with van der Waals surface area (Å²) in [5.74, 6) is -0.742. The second kappa shape index (κ2) is 9.08. The minimum absolute atomic E-state index is 0.0770. The van der Waals surface area contributed by atoms with E-state index in [1.165, 1.54) is 12.1 Å². The Bertz CT molecular complexity index is 1110. The lowest BCUT2D eigenvalue weighted by Gasteiger charge is -2.35. The molecule has 4 rings (SSSR count). The molecule has 0 saturated heterocycles. The quantitative estimate of drug-likeness (QED) is 0.669. The summed E-state index contributed by atoms with van der Waals surface area (Å²) in [6.45, 7) is 0.393. The number of nitriles is 1. The number of fused-ring (bicyclic) bond motifs is 1. The molecule has 0 aromatic heterocycles. The molecule has 0 unspecified atom stereocenters. The number of amides is 2. The molecule has 3 radical (unpaired) electrons. The molecule has 3 N–H and O–H groups in total. The van der Waals surface area contributed by atoms with Gasteiger partial charge in [0.2, 0.25) is 11.8 Å². The number of benzene rings is 2. The van der Waals surface area contributed by atoms with Crippen LogP contribution in [0, 0.1) is 17.1 Å². The Labute approximate surface area is 196 Å². The van der Waals surface area contributed by atoms with Crippen molar-refractivity contribution in [1.29, 1.82) is 5.26 Å². The van der Waals surface area contributed by atoms with Crippen molar-refractivity contribution in [2.24, 2.45) is 5.73 Å². The lowest BCUT2D eigenvalue weighted by atomic mass is 9.81. The number of nitrogens with two attached hydrogens (primary N) is 1. The van der Waals surface area contributed by atoms with Crippen molar-refractivity contribution in [3.63, 3.8) is 0 Å². The van der Waals surface area contributed by atoms with Gasteiger partial charge in [-0.15, -0.1) is 0 Å². The van der Waals surface area contributed by atoms with E-state index >= 15 is 0 Å². The molecule has 1 saturated carbocycles. The maximum atomic E-state index is 13.2. The third kappa shape index (κ3) is 4.99. The maximum absolute atomic E-state index is 13.2. The van der Waals surface area contributed by atoms with E-state index in [4.69, 9.17) is 5.73 Å². The highest BCUT2D eigenvalue weighted by molar-refractivity contribution is 6.19. The molecule has 1 fully saturated rings. The molecule has 2 aromatic carbocycles. The van der Waals surface area contributed by atoms with Crippen LogP contribution in [0.3, 0.4) is 0 Å². The molecule has 1 aliphatic heterocycles. The largest absolute Gasteiger partial charge is 0.340 e. The second-order valence-electron chi connectivity index (χ2n) is 9.10. The van der Waals surface area contributed by atoms with E-state index < -0.39 is 10.7 Å². The van der Waals surface area contributed by atoms with Crippen LogP contribution >= 0.6 is 0 Å². The molecule has 169 valence electrons. The summed E-state index contributed by atoms with van der Waals surface area (Å²) >= 11 is 0. The number of halogens is 1. The van der Waals surface area contributed by atoms with Crippen molar-refractivity contribution < 1.29 is 14.0 Å². The zero-order chi connectivity index (χ0) is 23.6. The zero-order valence-corrected chi connectivity index (χ0v) is 19.4. The van der Waals surface area contributed by atoms with Gasteiger partial charge in [-0.25, -0.2) is 4.39 Å². The molecule has 1 aliphatic carbocycles. The van der Waals surface area contributed by atoms with Gasteiger partial charge in [-0.05, 0) is 53.8 Å². The average molecular weight is 462 g/mol. The first kappa shape index (κ1) is 23.1. The summed E-state index contributed by atoms with van der Waals surface area (Å²) in [6.07, 6.45) is 4.52. The van der Waals surface area contributed by atoms with Crippen LogP contribution in [0.15, 0.2) is 42.5 Å². The summed E-state index contributed by atoms with van der Waals surface area (Å²) in [7, 11) is 3.48. The normalized spacial score (nSPS) is 19.2. The molecule has 33 heavy (non-hydrogen) atoms. The van der Waals surface area contributed by atoms with Crippen molar-refractivity contribution in [3.05, 3.63) is 65.0 Å². The van der Waals surface area contributed by atoms with Gasteiger partial charge in [0.05, 0.1) is 34.8 Å². The Morgan fingerprint density at radius 2 is 1.88 bits per heavy atom. The van der Waals surface area contributed by atoms with Gasteiger partial charge in [-0.3, -0.25) is 9.59 Å². The summed E-state index contributed by atoms with van der Waals surface area (Å²) in [6, 6.07) is 13.8. The van der Waals surface area contributed by atoms with E-state index in [0.717, 1.165) is 36.0 Å². The minimum atomic E-state index is -1.30. The van der Waals surface area contributed by atoms with E-state index in [1.54, 1.807) is 17.0 Å². The smallest absolute Gasteiger partial charge is 0.241 e. The molecule has 6 nitrogen and oxygen atoms in total. The molecule has 1 atom stereocenters. The molecule has 2 amide bonds. The Kier molecular flexibility index (Phi) is 6.37. The third-order valence-corrected chi connectivity index (χ3v) is 6.98. The van der Waals surface area contributed by atoms with Gasteiger partial charge < -0.3 is 16.0 Å². The van der Waals surface area contributed by atoms with Crippen LogP contribution < -0.4 is 16.0 Å². The summed E-state index contributed by atoms with van der Waals surface area (Å²) in [4.78, 5) is 27.2. The van der Waals surface area contributed by atoms with Crippen LogP contribution in [0.1, 0.15) is 48.8 Å². The van der Waals surface area contributed by atoms with Gasteiger partial charge in [0.1, 0.15) is 11.0 Å². The van der Waals surface area contributed by atoms with Crippen molar-refractivity contribution in [3.8, 4) is 6.07 Å². The number of anilines is 1. The molecular formula is C25H26FN4O2Si. The van der Waals surface area contributed by atoms with Gasteiger partial charge >= 0.3 is 0 Å². The highest BCUT2D eigenvalue weighted by Crippen LogP contribution is 2.29. The summed E-state index contributed by atoms with van der Waals surface area (Å²) < 4.78 is 13.2. The number of carbonyl (C=O) groups is 2. The van der Waals surface area contributed by atoms with Crippen LogP contribution in [0.4, 0.5) is 10.1 Å². The van der Waals surface area contributed by atoms with Gasteiger partial charge in [-0.2, -0.15) is 5.26 Å². The zero-order valence-electron chi connectivity index (χ0n) is 18.4. The van der Waals surface area contributed by atoms with E-state index in [9.17, 15) is 19.2 Å². The first-order valence-corrected chi connectivity index (χ1v) is 11.7. The van der Waals surface area contributed by atoms with Gasteiger partial charge in [0.15, 0.2) is 0 Å². The van der Waals surface area contributed by atoms with E-state index in [-0.39, 0.29) is 30.5 Å². The standard InChI is InChI=1S/C25H26FN4O2Si/c26-20-6-8-21(9-7-20)30-15-18-5-4-17(12-19(18)13-22(30)31)14-25(33,16-27)29-23(32)24(28)10-2-1-3-11-24/h4-9,12H,1-3,10-11,13-15,28H2,(H,29,32)/t25-/m0/s1. The monoisotopic (exact) mass is 461 g/mol. The van der Waals surface area contributed by atoms with Crippen LogP contribution in [0.2, 0.25) is 0 Å². The number of carbonyl (C=O) groups excluding carboxylic acids is 2. The molecule has 8 heteroatoms. The molecule has 0 bridgehead atoms. The van der Waals surface area contributed by atoms with Crippen molar-refractivity contribution in [2.75, 3.05) is 4.90 Å². The average Bonchev–Trinajstić information content (AvgIpc) is 2.79. The van der Waals surface area contributed by atoms with Crippen LogP contribution in [0.5, 0.6) is 0 Å². The summed E-state index contributed by atoms with van der Waals surface area (Å²) in [5.41, 5.74) is 8.74. The minimum Gasteiger partial charge on any atom is -0.340 e. The van der Waals surface area contributed by atoms with Gasteiger partial charge in [-0.1, -0.05) is 37.5 Å². The fourth-order valence-corrected chi connectivity index (χ4v) is 4.94. The Morgan fingerprint density at radius 1 is 1.18 bits per heavy atom. The molecular weight excluding hydrogens is 435 g/mol. The van der Waals surface area contributed by atoms with Crippen LogP contribution in [-0.2, 0) is 29.0 Å². The predicted molar refractivity (Wildman–Crippen MR) is 124 cm³/mol. The molecule has 2 aromatic rings. The van der Waals surface area contributed by atoms with Crippen LogP contribution in [0.25, 0.3) is 0 Å². The van der Waals surface area contributed by atoms with E-state index in [1.807, 2.05) is 18.2 Å². The summed E-state index contributed by atoms with van der Waals surface area (Å²) in [5, 5.41) is 11.3. The highest BCUT2D eigenvalue weighted by Gasteiger charge is 2.39. The van der Waals surface area contributed by atoms with Crippen molar-refractivity contribution in [1.82, 2.24) is 5.32 Å². The van der Waals surface area contributed by atoms with E-state index in [0.29, 0.717) is 25.1 Å². The van der Waals surface area contributed by atoms with E-state index in [2.05, 4.69) is 21.6 Å². The first-order chi connectivity index (χ1) is 15.7. The van der Waals surface area contributed by atoms with Gasteiger partial charge in [0.25, 0.3) is 0 Å². The Hall–Kier alpha value is -3.02. The Morgan fingerprint density at radius 3 is 2.55 bits per heavy atom. The second-order valence-corrected chi connectivity index (χ2v) is 9.95. The topological polar surface area (TPSA) is 99.2 Å². The highest BCUT2D eigenvalue weighted by atomic mass is 28.1. The fourth-order valence-electron chi connectivity index (χ4n) is 4.63. The number of nitrogens with one attached hydrogen (secondary N) is 1. The van der Waals surface area contributed by atoms with Crippen molar-refractivity contribution >= 4 is 27.7 Å². The number of nitrogens with zero attached hydrogens (tertiary/aromatic N) is 2. The van der Waals surface area contributed by atoms with Crippen LogP contribution in [-0.4, -0.2) is 32.8 Å². The molecule has 0 spiro atoms. The fraction of sp³-hybridized carbons (Fsp3) is 0.400. The third-order valence-electron chi connectivity index (χ3n) is 6.57. The Balaban J connectivity index is 1.49. The number of hydrogen-bond acceptors (Lipinski definition) is 4. The number of rotatable bonds is 5. The molecule has 1 heterocycles. The predicted octanol–water partition coefficient (Wildman–Crippen LogP) is 2.62. The van der Waals surface area contributed by atoms with Crippen molar-refractivity contribution in [2.45, 2.75) is 62.2 Å². The lowest BCUT2D eigenvalue weighted by molar-refractivity contribution is -0.128. The first-order valence-electron chi connectivity index (χ1n) is 11.2.